The molecule has 0 amide bonds. The normalized spacial score (nSPS) is 13.5. The third-order valence-electron chi connectivity index (χ3n) is 2.87. The summed E-state index contributed by atoms with van der Waals surface area (Å²) in [4.78, 5) is 0. The van der Waals surface area contributed by atoms with E-state index in [0.717, 1.165) is 35.2 Å². The first kappa shape index (κ1) is 18.0. The smallest absolute Gasteiger partial charge is 0.126 e. The van der Waals surface area contributed by atoms with E-state index in [1.165, 1.54) is 6.07 Å². The van der Waals surface area contributed by atoms with Gasteiger partial charge in [-0.05, 0) is 43.1 Å². The number of nitrogens with one attached hydrogen (secondary N) is 1. The zero-order valence-corrected chi connectivity index (χ0v) is 15.2. The monoisotopic (exact) mass is 361 g/mol. The minimum atomic E-state index is -0.114. The zero-order valence-electron chi connectivity index (χ0n) is 12.8. The highest BCUT2D eigenvalue weighted by Gasteiger charge is 2.17. The van der Waals surface area contributed by atoms with E-state index in [2.05, 4.69) is 48.9 Å². The molecule has 20 heavy (non-hydrogen) atoms. The molecule has 0 heterocycles. The number of halogens is 2. The van der Waals surface area contributed by atoms with Gasteiger partial charge in [-0.2, -0.15) is 11.8 Å². The van der Waals surface area contributed by atoms with Crippen molar-refractivity contribution in [2.45, 2.75) is 51.3 Å². The lowest BCUT2D eigenvalue weighted by molar-refractivity contribution is 0.529. The molecule has 4 heteroatoms. The molecule has 1 aromatic rings. The Morgan fingerprint density at radius 2 is 2.05 bits per heavy atom. The van der Waals surface area contributed by atoms with Crippen LogP contribution in [-0.4, -0.2) is 23.1 Å². The van der Waals surface area contributed by atoms with E-state index >= 15 is 0 Å². The molecule has 1 aromatic carbocycles. The molecule has 1 nitrogen and oxygen atoms in total. The Kier molecular flexibility index (Phi) is 7.56. The van der Waals surface area contributed by atoms with Crippen molar-refractivity contribution < 1.29 is 4.39 Å². The van der Waals surface area contributed by atoms with Crippen molar-refractivity contribution in [3.63, 3.8) is 0 Å². The average Bonchev–Trinajstić information content (AvgIpc) is 2.36. The van der Waals surface area contributed by atoms with Crippen LogP contribution in [0.5, 0.6) is 0 Å². The molecule has 0 aliphatic rings. The highest BCUT2D eigenvalue weighted by atomic mass is 79.9. The van der Waals surface area contributed by atoms with E-state index in [0.29, 0.717) is 6.04 Å². The summed E-state index contributed by atoms with van der Waals surface area (Å²) in [6, 6.07) is 5.48. The van der Waals surface area contributed by atoms with Crippen LogP contribution in [0.2, 0.25) is 0 Å². The van der Waals surface area contributed by atoms with E-state index in [1.54, 1.807) is 6.07 Å². The van der Waals surface area contributed by atoms with E-state index in [9.17, 15) is 4.39 Å². The number of hydrogen-bond donors (Lipinski definition) is 1. The molecule has 0 fully saturated rings. The fraction of sp³-hybridized carbons (Fsp3) is 0.625. The Morgan fingerprint density at radius 3 is 2.65 bits per heavy atom. The van der Waals surface area contributed by atoms with Crippen molar-refractivity contribution in [2.24, 2.45) is 0 Å². The van der Waals surface area contributed by atoms with Gasteiger partial charge in [0.2, 0.25) is 0 Å². The van der Waals surface area contributed by atoms with E-state index in [4.69, 9.17) is 0 Å². The van der Waals surface area contributed by atoms with E-state index < -0.39 is 0 Å². The van der Waals surface area contributed by atoms with Crippen molar-refractivity contribution in [3.8, 4) is 0 Å². The molecule has 0 saturated heterocycles. The van der Waals surface area contributed by atoms with E-state index in [1.807, 2.05) is 17.8 Å². The molecular weight excluding hydrogens is 337 g/mol. The summed E-state index contributed by atoms with van der Waals surface area (Å²) in [6.07, 6.45) is 1.83. The minimum Gasteiger partial charge on any atom is -0.313 e. The quantitative estimate of drug-likeness (QED) is 0.730. The minimum absolute atomic E-state index is 0.114. The number of hydrogen-bond acceptors (Lipinski definition) is 2. The predicted octanol–water partition coefficient (Wildman–Crippen LogP) is 5.03. The Hall–Kier alpha value is -0.0600. The van der Waals surface area contributed by atoms with Gasteiger partial charge in [0.05, 0.1) is 0 Å². The van der Waals surface area contributed by atoms with Gasteiger partial charge >= 0.3 is 0 Å². The lowest BCUT2D eigenvalue weighted by Gasteiger charge is -2.24. The van der Waals surface area contributed by atoms with Crippen molar-refractivity contribution >= 4 is 27.7 Å². The molecule has 0 aromatic heterocycles. The maximum Gasteiger partial charge on any atom is 0.126 e. The topological polar surface area (TPSA) is 12.0 Å². The fourth-order valence-corrected chi connectivity index (χ4v) is 3.20. The van der Waals surface area contributed by atoms with Gasteiger partial charge in [-0.25, -0.2) is 4.39 Å². The first-order chi connectivity index (χ1) is 9.31. The Labute approximate surface area is 135 Å². The number of benzene rings is 1. The summed E-state index contributed by atoms with van der Waals surface area (Å²) in [7, 11) is 0. The molecule has 1 unspecified atom stereocenters. The Bertz CT molecular complexity index is 417. The van der Waals surface area contributed by atoms with Crippen LogP contribution in [0, 0.1) is 5.82 Å². The van der Waals surface area contributed by atoms with Gasteiger partial charge in [0, 0.05) is 21.0 Å². The molecule has 114 valence electrons. The van der Waals surface area contributed by atoms with Gasteiger partial charge in [0.15, 0.2) is 0 Å². The van der Waals surface area contributed by atoms with Crippen LogP contribution >= 0.6 is 27.7 Å². The number of rotatable bonds is 7. The van der Waals surface area contributed by atoms with Gasteiger partial charge in [-0.3, -0.25) is 0 Å². The molecular formula is C16H25BrFNS. The third-order valence-corrected chi connectivity index (χ3v) is 4.80. The first-order valence-electron chi connectivity index (χ1n) is 7.13. The van der Waals surface area contributed by atoms with Crippen LogP contribution in [0.1, 0.15) is 39.7 Å². The number of thioether (sulfide) groups is 1. The van der Waals surface area contributed by atoms with Gasteiger partial charge in [-0.1, -0.05) is 43.6 Å². The van der Waals surface area contributed by atoms with Gasteiger partial charge in [0.1, 0.15) is 5.82 Å². The summed E-state index contributed by atoms with van der Waals surface area (Å²) < 4.78 is 15.0. The predicted molar refractivity (Wildman–Crippen MR) is 92.1 cm³/mol. The van der Waals surface area contributed by atoms with Crippen molar-refractivity contribution in [2.75, 3.05) is 12.3 Å². The summed E-state index contributed by atoms with van der Waals surface area (Å²) in [5, 5.41) is 3.53. The summed E-state index contributed by atoms with van der Waals surface area (Å²) >= 11 is 5.34. The van der Waals surface area contributed by atoms with Crippen molar-refractivity contribution in [1.82, 2.24) is 5.32 Å². The van der Waals surface area contributed by atoms with Crippen LogP contribution in [0.25, 0.3) is 0 Å². The molecule has 1 N–H and O–H groups in total. The maximum absolute atomic E-state index is 13.9. The second-order valence-corrected chi connectivity index (χ2v) is 8.78. The molecule has 0 radical (unpaired) electrons. The molecule has 1 atom stereocenters. The lowest BCUT2D eigenvalue weighted by Crippen LogP contribution is -2.35. The van der Waals surface area contributed by atoms with Crippen LogP contribution in [0.3, 0.4) is 0 Å². The highest BCUT2D eigenvalue weighted by Crippen LogP contribution is 2.25. The maximum atomic E-state index is 13.9. The lowest BCUT2D eigenvalue weighted by atomic mass is 10.1. The Balaban J connectivity index is 2.70. The largest absolute Gasteiger partial charge is 0.313 e. The third kappa shape index (κ3) is 7.09. The van der Waals surface area contributed by atoms with Gasteiger partial charge < -0.3 is 5.32 Å². The summed E-state index contributed by atoms with van der Waals surface area (Å²) in [5.41, 5.74) is 0.780. The molecule has 1 rings (SSSR count). The van der Waals surface area contributed by atoms with Gasteiger partial charge in [0.25, 0.3) is 0 Å². The second-order valence-electron chi connectivity index (χ2n) is 6.01. The zero-order chi connectivity index (χ0) is 15.2. The van der Waals surface area contributed by atoms with E-state index in [-0.39, 0.29) is 10.6 Å². The van der Waals surface area contributed by atoms with Crippen molar-refractivity contribution in [3.05, 3.63) is 34.1 Å². The van der Waals surface area contributed by atoms with Crippen LogP contribution in [-0.2, 0) is 6.42 Å². The van der Waals surface area contributed by atoms with Crippen LogP contribution in [0.15, 0.2) is 22.7 Å². The Morgan fingerprint density at radius 1 is 1.35 bits per heavy atom. The van der Waals surface area contributed by atoms with Crippen LogP contribution in [0.4, 0.5) is 4.39 Å². The fourth-order valence-electron chi connectivity index (χ4n) is 1.85. The molecule has 0 aliphatic heterocycles. The standard InChI is InChI=1S/C16H25BrFNS/c1-5-8-19-14(11-20-16(2,3)4)10-12-9-13(17)6-7-15(12)18/h6-7,9,14,19H,5,8,10-11H2,1-4H3. The first-order valence-corrected chi connectivity index (χ1v) is 8.91. The molecule has 0 aliphatic carbocycles. The van der Waals surface area contributed by atoms with Gasteiger partial charge in [-0.15, -0.1) is 0 Å². The van der Waals surface area contributed by atoms with Crippen molar-refractivity contribution in [1.29, 1.82) is 0 Å². The summed E-state index contributed by atoms with van der Waals surface area (Å²) in [5.74, 6) is 0.882. The SMILES string of the molecule is CCCNC(CSC(C)(C)C)Cc1cc(Br)ccc1F. The summed E-state index contributed by atoms with van der Waals surface area (Å²) in [6.45, 7) is 9.78. The molecule has 0 saturated carbocycles. The highest BCUT2D eigenvalue weighted by molar-refractivity contribution is 9.10. The molecule has 0 spiro atoms. The second kappa shape index (κ2) is 8.40. The van der Waals surface area contributed by atoms with Crippen LogP contribution < -0.4 is 5.32 Å². The molecule has 0 bridgehead atoms. The average molecular weight is 362 g/mol.